The molecule has 82 valence electrons. The highest BCUT2D eigenvalue weighted by atomic mass is 16.3. The maximum Gasteiger partial charge on any atom is 0.191 e. The van der Waals surface area contributed by atoms with Crippen molar-refractivity contribution in [1.82, 2.24) is 0 Å². The molecule has 0 spiro atoms. The van der Waals surface area contributed by atoms with Crippen LogP contribution in [0.5, 0.6) is 0 Å². The first kappa shape index (κ1) is 11.8. The molecule has 0 amide bonds. The van der Waals surface area contributed by atoms with Crippen molar-refractivity contribution in [3.05, 3.63) is 35.9 Å². The molecule has 4 heteroatoms. The summed E-state index contributed by atoms with van der Waals surface area (Å²) in [6, 6.07) is 8.35. The Bertz CT molecular complexity index is 310. The molecule has 1 aromatic rings. The van der Waals surface area contributed by atoms with E-state index in [0.717, 1.165) is 0 Å². The zero-order valence-electron chi connectivity index (χ0n) is 8.21. The van der Waals surface area contributed by atoms with Gasteiger partial charge in [0.1, 0.15) is 6.10 Å². The Hall–Kier alpha value is -1.23. The Balaban J connectivity index is 2.61. The molecule has 1 rings (SSSR count). The highest BCUT2D eigenvalue weighted by Crippen LogP contribution is 2.07. The molecule has 0 radical (unpaired) electrons. The summed E-state index contributed by atoms with van der Waals surface area (Å²) in [7, 11) is 0. The van der Waals surface area contributed by atoms with E-state index in [1.807, 2.05) is 0 Å². The molecular formula is C11H14O4. The molecule has 2 atom stereocenters. The molecule has 0 aliphatic carbocycles. The summed E-state index contributed by atoms with van der Waals surface area (Å²) in [5.74, 6) is -0.442. The average Bonchev–Trinajstić information content (AvgIpc) is 2.29. The fourth-order valence-corrected chi connectivity index (χ4v) is 1.23. The third-order valence-corrected chi connectivity index (χ3v) is 2.07. The van der Waals surface area contributed by atoms with Crippen molar-refractivity contribution < 1.29 is 20.1 Å². The summed E-state index contributed by atoms with van der Waals surface area (Å²) in [5.41, 5.74) is 0.398. The van der Waals surface area contributed by atoms with Gasteiger partial charge in [-0.1, -0.05) is 30.3 Å². The van der Waals surface area contributed by atoms with Crippen LogP contribution in [0.25, 0.3) is 0 Å². The summed E-state index contributed by atoms with van der Waals surface area (Å²) < 4.78 is 0. The molecule has 0 saturated carbocycles. The number of hydrogen-bond acceptors (Lipinski definition) is 4. The number of carbonyl (C=O) groups is 1. The van der Waals surface area contributed by atoms with E-state index < -0.39 is 24.6 Å². The number of ketones is 1. The van der Waals surface area contributed by atoms with E-state index in [0.29, 0.717) is 5.56 Å². The van der Waals surface area contributed by atoms with Gasteiger partial charge in [0, 0.05) is 12.0 Å². The molecule has 3 N–H and O–H groups in total. The van der Waals surface area contributed by atoms with Crippen LogP contribution < -0.4 is 0 Å². The highest BCUT2D eigenvalue weighted by molar-refractivity contribution is 5.99. The van der Waals surface area contributed by atoms with E-state index in [2.05, 4.69) is 0 Å². The van der Waals surface area contributed by atoms with E-state index in [1.165, 1.54) is 0 Å². The van der Waals surface area contributed by atoms with E-state index >= 15 is 0 Å². The van der Waals surface area contributed by atoms with Gasteiger partial charge in [-0.3, -0.25) is 4.79 Å². The molecule has 2 unspecified atom stereocenters. The normalized spacial score (nSPS) is 14.6. The second kappa shape index (κ2) is 5.60. The number of rotatable bonds is 5. The van der Waals surface area contributed by atoms with Gasteiger partial charge in [-0.25, -0.2) is 0 Å². The molecule has 0 heterocycles. The van der Waals surface area contributed by atoms with Crippen LogP contribution in [0.15, 0.2) is 30.3 Å². The average molecular weight is 210 g/mol. The maximum absolute atomic E-state index is 11.6. The van der Waals surface area contributed by atoms with Crippen LogP contribution in [-0.4, -0.2) is 39.9 Å². The monoisotopic (exact) mass is 210 g/mol. The van der Waals surface area contributed by atoms with Gasteiger partial charge in [-0.15, -0.1) is 0 Å². The molecule has 0 fully saturated rings. The van der Waals surface area contributed by atoms with Gasteiger partial charge in [0.05, 0.1) is 12.7 Å². The van der Waals surface area contributed by atoms with Gasteiger partial charge in [0.25, 0.3) is 0 Å². The molecule has 4 nitrogen and oxygen atoms in total. The standard InChI is InChI=1S/C11H14O4/c12-7-9(13)6-10(14)11(15)8-4-2-1-3-5-8/h1-5,9-10,12-14H,6-7H2. The summed E-state index contributed by atoms with van der Waals surface area (Å²) in [5, 5.41) is 27.1. The van der Waals surface area contributed by atoms with Gasteiger partial charge in [-0.2, -0.15) is 0 Å². The fourth-order valence-electron chi connectivity index (χ4n) is 1.23. The van der Waals surface area contributed by atoms with E-state index in [9.17, 15) is 9.90 Å². The van der Waals surface area contributed by atoms with Crippen molar-refractivity contribution in [2.75, 3.05) is 6.61 Å². The topological polar surface area (TPSA) is 77.8 Å². The Morgan fingerprint density at radius 1 is 1.20 bits per heavy atom. The van der Waals surface area contributed by atoms with Crippen LogP contribution in [0.4, 0.5) is 0 Å². The fraction of sp³-hybridized carbons (Fsp3) is 0.364. The number of carbonyl (C=O) groups excluding carboxylic acids is 1. The lowest BCUT2D eigenvalue weighted by atomic mass is 10.0. The molecule has 0 bridgehead atoms. The number of Topliss-reactive ketones (excluding diaryl/α,β-unsaturated/α-hetero) is 1. The van der Waals surface area contributed by atoms with Crippen molar-refractivity contribution in [2.45, 2.75) is 18.6 Å². The minimum atomic E-state index is -1.27. The van der Waals surface area contributed by atoms with Gasteiger partial charge >= 0.3 is 0 Å². The quantitative estimate of drug-likeness (QED) is 0.596. The van der Waals surface area contributed by atoms with Crippen molar-refractivity contribution in [1.29, 1.82) is 0 Å². The number of aliphatic hydroxyl groups excluding tert-OH is 3. The van der Waals surface area contributed by atoms with Gasteiger partial charge in [0.2, 0.25) is 0 Å². The van der Waals surface area contributed by atoms with Gasteiger partial charge < -0.3 is 15.3 Å². The number of aliphatic hydroxyl groups is 3. The van der Waals surface area contributed by atoms with Crippen molar-refractivity contribution in [3.8, 4) is 0 Å². The molecule has 0 aromatic heterocycles. The van der Waals surface area contributed by atoms with E-state index in [1.54, 1.807) is 30.3 Å². The van der Waals surface area contributed by atoms with Crippen LogP contribution in [-0.2, 0) is 0 Å². The number of hydrogen-bond donors (Lipinski definition) is 3. The predicted octanol–water partition coefficient (Wildman–Crippen LogP) is -0.0265. The molecule has 1 aromatic carbocycles. The lowest BCUT2D eigenvalue weighted by Gasteiger charge is -2.12. The molecule has 0 aliphatic heterocycles. The van der Waals surface area contributed by atoms with Crippen LogP contribution >= 0.6 is 0 Å². The first-order valence-electron chi connectivity index (χ1n) is 4.71. The number of benzene rings is 1. The Kier molecular flexibility index (Phi) is 4.42. The summed E-state index contributed by atoms with van der Waals surface area (Å²) in [4.78, 5) is 11.6. The largest absolute Gasteiger partial charge is 0.394 e. The van der Waals surface area contributed by atoms with Crippen LogP contribution in [0.2, 0.25) is 0 Å². The van der Waals surface area contributed by atoms with Crippen molar-refractivity contribution in [2.24, 2.45) is 0 Å². The molecule has 15 heavy (non-hydrogen) atoms. The zero-order valence-corrected chi connectivity index (χ0v) is 8.21. The Morgan fingerprint density at radius 2 is 1.80 bits per heavy atom. The lowest BCUT2D eigenvalue weighted by Crippen LogP contribution is -2.27. The summed E-state index contributed by atoms with van der Waals surface area (Å²) in [6.45, 7) is -0.459. The SMILES string of the molecule is O=C(c1ccccc1)C(O)CC(O)CO. The summed E-state index contributed by atoms with van der Waals surface area (Å²) in [6.07, 6.45) is -2.48. The minimum absolute atomic E-state index is 0.149. The van der Waals surface area contributed by atoms with E-state index in [-0.39, 0.29) is 6.42 Å². The van der Waals surface area contributed by atoms with Gasteiger partial charge in [0.15, 0.2) is 5.78 Å². The molecule has 0 aliphatic rings. The van der Waals surface area contributed by atoms with Crippen LogP contribution in [0.3, 0.4) is 0 Å². The smallest absolute Gasteiger partial charge is 0.191 e. The van der Waals surface area contributed by atoms with E-state index in [4.69, 9.17) is 10.2 Å². The predicted molar refractivity (Wildman–Crippen MR) is 54.5 cm³/mol. The second-order valence-electron chi connectivity index (χ2n) is 3.32. The zero-order chi connectivity index (χ0) is 11.3. The van der Waals surface area contributed by atoms with Gasteiger partial charge in [-0.05, 0) is 0 Å². The first-order valence-corrected chi connectivity index (χ1v) is 4.71. The molecular weight excluding hydrogens is 196 g/mol. The second-order valence-corrected chi connectivity index (χ2v) is 3.32. The molecule has 0 saturated heterocycles. The van der Waals surface area contributed by atoms with Crippen molar-refractivity contribution in [3.63, 3.8) is 0 Å². The maximum atomic E-state index is 11.6. The first-order chi connectivity index (χ1) is 7.15. The minimum Gasteiger partial charge on any atom is -0.394 e. The van der Waals surface area contributed by atoms with Crippen LogP contribution in [0, 0.1) is 0 Å². The summed E-state index contributed by atoms with van der Waals surface area (Å²) >= 11 is 0. The third-order valence-electron chi connectivity index (χ3n) is 2.07. The third kappa shape index (κ3) is 3.43. The highest BCUT2D eigenvalue weighted by Gasteiger charge is 2.19. The van der Waals surface area contributed by atoms with Crippen LogP contribution in [0.1, 0.15) is 16.8 Å². The Morgan fingerprint density at radius 3 is 2.33 bits per heavy atom. The lowest BCUT2D eigenvalue weighted by molar-refractivity contribution is 0.0369. The van der Waals surface area contributed by atoms with Crippen molar-refractivity contribution >= 4 is 5.78 Å². The Labute approximate surface area is 87.8 Å².